The Morgan fingerprint density at radius 3 is 2.77 bits per heavy atom. The summed E-state index contributed by atoms with van der Waals surface area (Å²) in [6, 6.07) is 10.6. The van der Waals surface area contributed by atoms with E-state index in [1.807, 2.05) is 32.0 Å². The summed E-state index contributed by atoms with van der Waals surface area (Å²) in [6.45, 7) is 6.76. The van der Waals surface area contributed by atoms with E-state index in [1.165, 1.54) is 6.08 Å². The molecule has 2 amide bonds. The zero-order valence-corrected chi connectivity index (χ0v) is 17.4. The summed E-state index contributed by atoms with van der Waals surface area (Å²) in [5, 5.41) is 5.54. The molecule has 0 fully saturated rings. The number of rotatable bonds is 8. The zero-order chi connectivity index (χ0) is 21.5. The summed E-state index contributed by atoms with van der Waals surface area (Å²) < 4.78 is 16.8. The number of anilines is 2. The first-order chi connectivity index (χ1) is 14.5. The van der Waals surface area contributed by atoms with Gasteiger partial charge in [0.25, 0.3) is 5.91 Å². The number of hydrogen-bond donors (Lipinski definition) is 2. The highest BCUT2D eigenvalue weighted by Gasteiger charge is 2.23. The van der Waals surface area contributed by atoms with Gasteiger partial charge in [-0.25, -0.2) is 0 Å². The molecule has 7 heteroatoms. The van der Waals surface area contributed by atoms with Crippen LogP contribution in [0.2, 0.25) is 0 Å². The number of hydrogen-bond acceptors (Lipinski definition) is 5. The van der Waals surface area contributed by atoms with Crippen LogP contribution in [0.1, 0.15) is 32.8 Å². The highest BCUT2D eigenvalue weighted by molar-refractivity contribution is 6.03. The van der Waals surface area contributed by atoms with Crippen molar-refractivity contribution in [1.29, 1.82) is 0 Å². The Bertz CT molecular complexity index is 955. The molecule has 0 aliphatic carbocycles. The molecule has 0 radical (unpaired) electrons. The van der Waals surface area contributed by atoms with Gasteiger partial charge in [0.1, 0.15) is 5.75 Å². The van der Waals surface area contributed by atoms with Crippen molar-refractivity contribution in [2.75, 3.05) is 23.8 Å². The minimum absolute atomic E-state index is 0.220. The van der Waals surface area contributed by atoms with Gasteiger partial charge in [-0.15, -0.1) is 0 Å². The number of nitrogens with one attached hydrogen (secondary N) is 2. The van der Waals surface area contributed by atoms with E-state index in [-0.39, 0.29) is 11.8 Å². The van der Waals surface area contributed by atoms with Gasteiger partial charge in [-0.3, -0.25) is 9.59 Å². The molecule has 1 atom stereocenters. The van der Waals surface area contributed by atoms with E-state index in [2.05, 4.69) is 10.6 Å². The van der Waals surface area contributed by atoms with Crippen LogP contribution in [0.5, 0.6) is 17.2 Å². The monoisotopic (exact) mass is 410 g/mol. The summed E-state index contributed by atoms with van der Waals surface area (Å²) in [7, 11) is 0. The van der Waals surface area contributed by atoms with Crippen LogP contribution >= 0.6 is 0 Å². The lowest BCUT2D eigenvalue weighted by Crippen LogP contribution is -2.34. The topological polar surface area (TPSA) is 85.9 Å². The molecule has 1 heterocycles. The molecule has 2 N–H and O–H groups in total. The van der Waals surface area contributed by atoms with E-state index in [0.29, 0.717) is 41.8 Å². The molecular weight excluding hydrogens is 384 g/mol. The Hall–Kier alpha value is -3.48. The van der Waals surface area contributed by atoms with Gasteiger partial charge < -0.3 is 24.8 Å². The number of fused-ring (bicyclic) bond motifs is 1. The van der Waals surface area contributed by atoms with Gasteiger partial charge in [0.15, 0.2) is 17.6 Å². The average molecular weight is 410 g/mol. The number of carbonyl (C=O) groups is 2. The highest BCUT2D eigenvalue weighted by atomic mass is 16.5. The largest absolute Gasteiger partial charge is 0.490 e. The molecule has 0 aromatic heterocycles. The molecule has 3 rings (SSSR count). The third-order valence-corrected chi connectivity index (χ3v) is 4.33. The van der Waals surface area contributed by atoms with Crippen LogP contribution in [-0.4, -0.2) is 31.1 Å². The molecule has 7 nitrogen and oxygen atoms in total. The van der Waals surface area contributed by atoms with Gasteiger partial charge >= 0.3 is 0 Å². The number of amides is 2. The maximum atomic E-state index is 12.3. The van der Waals surface area contributed by atoms with Crippen molar-refractivity contribution in [3.05, 3.63) is 48.0 Å². The van der Waals surface area contributed by atoms with Gasteiger partial charge in [-0.1, -0.05) is 13.0 Å². The maximum absolute atomic E-state index is 12.3. The van der Waals surface area contributed by atoms with Crippen molar-refractivity contribution in [1.82, 2.24) is 0 Å². The van der Waals surface area contributed by atoms with E-state index in [4.69, 9.17) is 14.2 Å². The fourth-order valence-corrected chi connectivity index (χ4v) is 2.87. The van der Waals surface area contributed by atoms with Crippen molar-refractivity contribution >= 4 is 29.3 Å². The Kier molecular flexibility index (Phi) is 6.95. The van der Waals surface area contributed by atoms with E-state index >= 15 is 0 Å². The first-order valence-corrected chi connectivity index (χ1v) is 10.0. The summed E-state index contributed by atoms with van der Waals surface area (Å²) in [5.74, 6) is 1.39. The first-order valence-electron chi connectivity index (χ1n) is 10.0. The average Bonchev–Trinajstić information content (AvgIpc) is 2.73. The molecule has 158 valence electrons. The SMILES string of the molecule is CCCOc1ccc(/C=C/C(=O)Nc2ccc3c(c2)NC(=O)C(C)O3)cc1OCC. The second-order valence-corrected chi connectivity index (χ2v) is 6.77. The number of ether oxygens (including phenoxy) is 3. The summed E-state index contributed by atoms with van der Waals surface area (Å²) in [5.41, 5.74) is 1.90. The van der Waals surface area contributed by atoms with Gasteiger partial charge in [0, 0.05) is 11.8 Å². The van der Waals surface area contributed by atoms with E-state index in [1.54, 1.807) is 31.2 Å². The fourth-order valence-electron chi connectivity index (χ4n) is 2.87. The Balaban J connectivity index is 1.67. The second kappa shape index (κ2) is 9.82. The van der Waals surface area contributed by atoms with Gasteiger partial charge in [-0.05, 0) is 62.2 Å². The lowest BCUT2D eigenvalue weighted by molar-refractivity contribution is -0.122. The van der Waals surface area contributed by atoms with Crippen LogP contribution in [0.15, 0.2) is 42.5 Å². The summed E-state index contributed by atoms with van der Waals surface area (Å²) in [6.07, 6.45) is 3.51. The van der Waals surface area contributed by atoms with Crippen LogP contribution in [0.3, 0.4) is 0 Å². The molecule has 2 aromatic carbocycles. The maximum Gasteiger partial charge on any atom is 0.265 e. The lowest BCUT2D eigenvalue weighted by Gasteiger charge is -2.23. The van der Waals surface area contributed by atoms with Gasteiger partial charge in [0.2, 0.25) is 5.91 Å². The molecule has 1 aliphatic heterocycles. The molecule has 0 spiro atoms. The van der Waals surface area contributed by atoms with Crippen molar-refractivity contribution in [3.8, 4) is 17.2 Å². The van der Waals surface area contributed by atoms with Gasteiger partial charge in [-0.2, -0.15) is 0 Å². The standard InChI is InChI=1S/C23H26N2O5/c1-4-12-29-20-9-6-16(13-21(20)28-5-2)7-11-22(26)24-17-8-10-19-18(14-17)25-23(27)15(3)30-19/h6-11,13-15H,4-5,12H2,1-3H3,(H,24,26)(H,25,27)/b11-7+. The van der Waals surface area contributed by atoms with E-state index in [0.717, 1.165) is 12.0 Å². The summed E-state index contributed by atoms with van der Waals surface area (Å²) in [4.78, 5) is 24.1. The molecule has 2 aromatic rings. The predicted molar refractivity (Wildman–Crippen MR) is 116 cm³/mol. The van der Waals surface area contributed by atoms with Crippen LogP contribution < -0.4 is 24.8 Å². The molecule has 1 aliphatic rings. The minimum atomic E-state index is -0.541. The van der Waals surface area contributed by atoms with E-state index < -0.39 is 6.10 Å². The third kappa shape index (κ3) is 5.31. The van der Waals surface area contributed by atoms with Crippen LogP contribution in [0.25, 0.3) is 6.08 Å². The molecule has 30 heavy (non-hydrogen) atoms. The van der Waals surface area contributed by atoms with Crippen LogP contribution in [0, 0.1) is 0 Å². The first kappa shape index (κ1) is 21.2. The van der Waals surface area contributed by atoms with E-state index in [9.17, 15) is 9.59 Å². The number of carbonyl (C=O) groups excluding carboxylic acids is 2. The minimum Gasteiger partial charge on any atom is -0.490 e. The van der Waals surface area contributed by atoms with Crippen molar-refractivity contribution in [3.63, 3.8) is 0 Å². The van der Waals surface area contributed by atoms with Crippen LogP contribution in [0.4, 0.5) is 11.4 Å². The van der Waals surface area contributed by atoms with Gasteiger partial charge in [0.05, 0.1) is 18.9 Å². The fraction of sp³-hybridized carbons (Fsp3) is 0.304. The summed E-state index contributed by atoms with van der Waals surface area (Å²) >= 11 is 0. The normalized spacial score (nSPS) is 15.2. The van der Waals surface area contributed by atoms with Crippen molar-refractivity contribution < 1.29 is 23.8 Å². The van der Waals surface area contributed by atoms with Crippen molar-refractivity contribution in [2.24, 2.45) is 0 Å². The third-order valence-electron chi connectivity index (χ3n) is 4.33. The molecule has 0 saturated heterocycles. The van der Waals surface area contributed by atoms with Crippen LogP contribution in [-0.2, 0) is 9.59 Å². The zero-order valence-electron chi connectivity index (χ0n) is 17.4. The molecule has 0 saturated carbocycles. The lowest BCUT2D eigenvalue weighted by atomic mass is 10.1. The molecular formula is C23H26N2O5. The predicted octanol–water partition coefficient (Wildman–Crippen LogP) is 4.25. The smallest absolute Gasteiger partial charge is 0.265 e. The Morgan fingerprint density at radius 2 is 2.00 bits per heavy atom. The second-order valence-electron chi connectivity index (χ2n) is 6.77. The number of benzene rings is 2. The Labute approximate surface area is 176 Å². The quantitative estimate of drug-likeness (QED) is 0.636. The molecule has 1 unspecified atom stereocenters. The highest BCUT2D eigenvalue weighted by Crippen LogP contribution is 2.32. The van der Waals surface area contributed by atoms with Crippen molar-refractivity contribution in [2.45, 2.75) is 33.3 Å². The molecule has 0 bridgehead atoms. The Morgan fingerprint density at radius 1 is 1.17 bits per heavy atom.